The SMILES string of the molecule is CC1(C)CCCNC1CNC(=O)c1cc2ccccc2s1. The highest BCUT2D eigenvalue weighted by Crippen LogP contribution is 2.30. The van der Waals surface area contributed by atoms with Gasteiger partial charge in [0.05, 0.1) is 4.88 Å². The second kappa shape index (κ2) is 5.78. The van der Waals surface area contributed by atoms with Gasteiger partial charge in [-0.2, -0.15) is 0 Å². The van der Waals surface area contributed by atoms with Crippen LogP contribution in [-0.2, 0) is 0 Å². The third-order valence-corrected chi connectivity index (χ3v) is 5.56. The van der Waals surface area contributed by atoms with Gasteiger partial charge in [0.1, 0.15) is 0 Å². The number of nitrogens with one attached hydrogen (secondary N) is 2. The predicted molar refractivity (Wildman–Crippen MR) is 89.0 cm³/mol. The number of benzene rings is 1. The van der Waals surface area contributed by atoms with Crippen LogP contribution >= 0.6 is 11.3 Å². The van der Waals surface area contributed by atoms with E-state index in [-0.39, 0.29) is 11.3 Å². The van der Waals surface area contributed by atoms with E-state index < -0.39 is 0 Å². The molecule has 1 unspecified atom stereocenters. The molecule has 1 aromatic heterocycles. The van der Waals surface area contributed by atoms with Crippen LogP contribution in [0.4, 0.5) is 0 Å². The Bertz CT molecular complexity index is 614. The lowest BCUT2D eigenvalue weighted by atomic mass is 9.77. The molecule has 1 amide bonds. The fourth-order valence-corrected chi connectivity index (χ4v) is 3.97. The maximum atomic E-state index is 12.3. The first-order valence-corrected chi connectivity index (χ1v) is 8.38. The number of carbonyl (C=O) groups excluding carboxylic acids is 1. The summed E-state index contributed by atoms with van der Waals surface area (Å²) in [6.07, 6.45) is 2.43. The Morgan fingerprint density at radius 3 is 3.00 bits per heavy atom. The van der Waals surface area contributed by atoms with Crippen LogP contribution in [0.15, 0.2) is 30.3 Å². The van der Waals surface area contributed by atoms with Crippen molar-refractivity contribution in [3.63, 3.8) is 0 Å². The van der Waals surface area contributed by atoms with E-state index in [1.165, 1.54) is 17.5 Å². The smallest absolute Gasteiger partial charge is 0.261 e. The summed E-state index contributed by atoms with van der Waals surface area (Å²) in [6.45, 7) is 6.29. The van der Waals surface area contributed by atoms with Crippen molar-refractivity contribution in [2.24, 2.45) is 5.41 Å². The van der Waals surface area contributed by atoms with E-state index in [0.717, 1.165) is 16.8 Å². The summed E-state index contributed by atoms with van der Waals surface area (Å²) in [4.78, 5) is 13.1. The van der Waals surface area contributed by atoms with Crippen molar-refractivity contribution in [2.45, 2.75) is 32.7 Å². The molecule has 0 bridgehead atoms. The highest BCUT2D eigenvalue weighted by atomic mass is 32.1. The number of hydrogen-bond donors (Lipinski definition) is 2. The van der Waals surface area contributed by atoms with Crippen molar-refractivity contribution in [3.8, 4) is 0 Å². The molecule has 2 aromatic rings. The molecule has 21 heavy (non-hydrogen) atoms. The topological polar surface area (TPSA) is 41.1 Å². The summed E-state index contributed by atoms with van der Waals surface area (Å²) >= 11 is 1.56. The van der Waals surface area contributed by atoms with E-state index >= 15 is 0 Å². The summed E-state index contributed by atoms with van der Waals surface area (Å²) in [7, 11) is 0. The average molecular weight is 302 g/mol. The minimum Gasteiger partial charge on any atom is -0.350 e. The zero-order valence-electron chi connectivity index (χ0n) is 12.6. The molecular weight excluding hydrogens is 280 g/mol. The normalized spacial score (nSPS) is 21.3. The molecule has 1 aliphatic rings. The zero-order valence-corrected chi connectivity index (χ0v) is 13.4. The Hall–Kier alpha value is -1.39. The third kappa shape index (κ3) is 3.11. The second-order valence-corrected chi connectivity index (χ2v) is 7.54. The minimum atomic E-state index is 0.0411. The number of fused-ring (bicyclic) bond motifs is 1. The van der Waals surface area contributed by atoms with E-state index in [1.54, 1.807) is 11.3 Å². The van der Waals surface area contributed by atoms with Gasteiger partial charge in [0.15, 0.2) is 0 Å². The van der Waals surface area contributed by atoms with Gasteiger partial charge in [-0.25, -0.2) is 0 Å². The molecule has 112 valence electrons. The van der Waals surface area contributed by atoms with Crippen molar-refractivity contribution in [3.05, 3.63) is 35.2 Å². The first-order chi connectivity index (χ1) is 10.1. The fraction of sp³-hybridized carbons (Fsp3) is 0.471. The molecule has 0 radical (unpaired) electrons. The molecule has 1 aliphatic heterocycles. The number of carbonyl (C=O) groups is 1. The Labute approximate surface area is 129 Å². The summed E-state index contributed by atoms with van der Waals surface area (Å²) in [5.74, 6) is 0.0411. The van der Waals surface area contributed by atoms with E-state index in [2.05, 4.69) is 36.6 Å². The Morgan fingerprint density at radius 1 is 1.43 bits per heavy atom. The lowest BCUT2D eigenvalue weighted by Gasteiger charge is -2.39. The molecule has 3 rings (SSSR count). The molecule has 1 saturated heterocycles. The van der Waals surface area contributed by atoms with Gasteiger partial charge in [-0.05, 0) is 42.3 Å². The first-order valence-electron chi connectivity index (χ1n) is 7.56. The summed E-state index contributed by atoms with van der Waals surface area (Å²) < 4.78 is 1.17. The zero-order chi connectivity index (χ0) is 14.9. The monoisotopic (exact) mass is 302 g/mol. The summed E-state index contributed by atoms with van der Waals surface area (Å²) in [6, 6.07) is 10.5. The highest BCUT2D eigenvalue weighted by molar-refractivity contribution is 7.20. The van der Waals surface area contributed by atoms with Crippen molar-refractivity contribution >= 4 is 27.3 Å². The van der Waals surface area contributed by atoms with Crippen LogP contribution in [0.5, 0.6) is 0 Å². The van der Waals surface area contributed by atoms with Gasteiger partial charge >= 0.3 is 0 Å². The van der Waals surface area contributed by atoms with Crippen molar-refractivity contribution < 1.29 is 4.79 Å². The van der Waals surface area contributed by atoms with Gasteiger partial charge in [-0.15, -0.1) is 11.3 Å². The molecule has 1 fully saturated rings. The van der Waals surface area contributed by atoms with Crippen LogP contribution in [0.1, 0.15) is 36.4 Å². The van der Waals surface area contributed by atoms with Gasteiger partial charge in [0.25, 0.3) is 5.91 Å². The number of thiophene rings is 1. The molecule has 1 atom stereocenters. The van der Waals surface area contributed by atoms with Crippen LogP contribution in [-0.4, -0.2) is 25.0 Å². The lowest BCUT2D eigenvalue weighted by Crippen LogP contribution is -2.52. The number of piperidine rings is 1. The van der Waals surface area contributed by atoms with E-state index in [1.807, 2.05) is 18.2 Å². The van der Waals surface area contributed by atoms with Crippen molar-refractivity contribution in [2.75, 3.05) is 13.1 Å². The number of amides is 1. The maximum Gasteiger partial charge on any atom is 0.261 e. The van der Waals surface area contributed by atoms with Crippen LogP contribution in [0.2, 0.25) is 0 Å². The molecule has 0 spiro atoms. The van der Waals surface area contributed by atoms with Crippen molar-refractivity contribution in [1.29, 1.82) is 0 Å². The van der Waals surface area contributed by atoms with Crippen LogP contribution in [0.3, 0.4) is 0 Å². The van der Waals surface area contributed by atoms with Gasteiger partial charge in [0.2, 0.25) is 0 Å². The van der Waals surface area contributed by atoms with Crippen LogP contribution in [0.25, 0.3) is 10.1 Å². The molecule has 0 saturated carbocycles. The summed E-state index contributed by atoms with van der Waals surface area (Å²) in [5, 5.41) is 7.77. The van der Waals surface area contributed by atoms with Gasteiger partial charge in [0, 0.05) is 17.3 Å². The third-order valence-electron chi connectivity index (χ3n) is 4.45. The standard InChI is InChI=1S/C17H22N2OS/c1-17(2)8-5-9-18-15(17)11-19-16(20)14-10-12-6-3-4-7-13(12)21-14/h3-4,6-7,10,15,18H,5,8-9,11H2,1-2H3,(H,19,20). The van der Waals surface area contributed by atoms with Gasteiger partial charge in [-0.1, -0.05) is 32.0 Å². The minimum absolute atomic E-state index is 0.0411. The molecule has 2 N–H and O–H groups in total. The van der Waals surface area contributed by atoms with Crippen LogP contribution in [0, 0.1) is 5.41 Å². The van der Waals surface area contributed by atoms with Crippen LogP contribution < -0.4 is 10.6 Å². The predicted octanol–water partition coefficient (Wildman–Crippen LogP) is 3.41. The Balaban J connectivity index is 1.66. The van der Waals surface area contributed by atoms with E-state index in [0.29, 0.717) is 12.6 Å². The highest BCUT2D eigenvalue weighted by Gasteiger charge is 2.32. The molecule has 4 heteroatoms. The number of rotatable bonds is 3. The lowest BCUT2D eigenvalue weighted by molar-refractivity contribution is 0.0933. The molecule has 0 aliphatic carbocycles. The Kier molecular flexibility index (Phi) is 4.00. The van der Waals surface area contributed by atoms with Crippen molar-refractivity contribution in [1.82, 2.24) is 10.6 Å². The molecule has 2 heterocycles. The fourth-order valence-electron chi connectivity index (χ4n) is 2.99. The largest absolute Gasteiger partial charge is 0.350 e. The average Bonchev–Trinajstić information content (AvgIpc) is 2.89. The maximum absolute atomic E-state index is 12.3. The second-order valence-electron chi connectivity index (χ2n) is 6.46. The van der Waals surface area contributed by atoms with E-state index in [9.17, 15) is 4.79 Å². The van der Waals surface area contributed by atoms with E-state index in [4.69, 9.17) is 0 Å². The quantitative estimate of drug-likeness (QED) is 0.912. The Morgan fingerprint density at radius 2 is 2.24 bits per heavy atom. The molecule has 1 aromatic carbocycles. The van der Waals surface area contributed by atoms with Gasteiger partial charge in [-0.3, -0.25) is 4.79 Å². The molecular formula is C17H22N2OS. The summed E-state index contributed by atoms with van der Waals surface area (Å²) in [5.41, 5.74) is 0.242. The number of hydrogen-bond acceptors (Lipinski definition) is 3. The molecule has 3 nitrogen and oxygen atoms in total. The van der Waals surface area contributed by atoms with Gasteiger partial charge < -0.3 is 10.6 Å². The first kappa shape index (κ1) is 14.5.